The van der Waals surface area contributed by atoms with Gasteiger partial charge in [-0.25, -0.2) is 0 Å². The lowest BCUT2D eigenvalue weighted by Crippen LogP contribution is -2.43. The third-order valence-corrected chi connectivity index (χ3v) is 10.7. The summed E-state index contributed by atoms with van der Waals surface area (Å²) >= 11 is 0. The van der Waals surface area contributed by atoms with Crippen LogP contribution in [-0.4, -0.2) is 19.8 Å². The van der Waals surface area contributed by atoms with Gasteiger partial charge in [-0.3, -0.25) is 0 Å². The second-order valence-corrected chi connectivity index (χ2v) is 12.2. The molecule has 19 heavy (non-hydrogen) atoms. The molecule has 0 aliphatic heterocycles. The summed E-state index contributed by atoms with van der Waals surface area (Å²) in [5.74, 6) is 3.50. The molecule has 0 saturated carbocycles. The van der Waals surface area contributed by atoms with Crippen molar-refractivity contribution in [1.29, 1.82) is 0 Å². The average Bonchev–Trinajstić information content (AvgIpc) is 2.31. The molecule has 0 aliphatic rings. The zero-order valence-electron chi connectivity index (χ0n) is 13.9. The first-order chi connectivity index (χ1) is 8.89. The molecular weight excluding hydrogens is 248 g/mol. The molecule has 0 aromatic heterocycles. The van der Waals surface area contributed by atoms with E-state index in [0.29, 0.717) is 6.61 Å². The lowest BCUT2D eigenvalue weighted by Gasteiger charge is -2.38. The standard InChI is InChI=1S/C17H34OSi/c1-15(2)19(16(3)4,17(5)6)14-12-10-8-7-9-11-13-18/h15-18H,7-11,13H2,1-6H3. The molecule has 0 heterocycles. The third-order valence-electron chi connectivity index (χ3n) is 4.38. The first-order valence-electron chi connectivity index (χ1n) is 8.00. The summed E-state index contributed by atoms with van der Waals surface area (Å²) in [7, 11) is -1.50. The molecule has 0 unspecified atom stereocenters. The van der Waals surface area contributed by atoms with Crippen LogP contribution < -0.4 is 0 Å². The first-order valence-corrected chi connectivity index (χ1v) is 10.2. The van der Waals surface area contributed by atoms with E-state index < -0.39 is 8.07 Å². The van der Waals surface area contributed by atoms with Crippen LogP contribution in [0.15, 0.2) is 0 Å². The predicted octanol–water partition coefficient (Wildman–Crippen LogP) is 5.15. The summed E-state index contributed by atoms with van der Waals surface area (Å²) in [6, 6.07) is 0. The van der Waals surface area contributed by atoms with Crippen LogP contribution in [-0.2, 0) is 0 Å². The van der Waals surface area contributed by atoms with E-state index in [-0.39, 0.29) is 0 Å². The van der Waals surface area contributed by atoms with E-state index in [9.17, 15) is 0 Å². The van der Waals surface area contributed by atoms with E-state index in [4.69, 9.17) is 5.11 Å². The largest absolute Gasteiger partial charge is 0.396 e. The Balaban J connectivity index is 4.51. The van der Waals surface area contributed by atoms with E-state index in [1.165, 1.54) is 12.8 Å². The maximum Gasteiger partial charge on any atom is 0.145 e. The van der Waals surface area contributed by atoms with Crippen molar-refractivity contribution in [1.82, 2.24) is 0 Å². The van der Waals surface area contributed by atoms with Crippen molar-refractivity contribution >= 4 is 8.07 Å². The Morgan fingerprint density at radius 3 is 1.68 bits per heavy atom. The Labute approximate surface area is 122 Å². The molecule has 0 radical (unpaired) electrons. The lowest BCUT2D eigenvalue weighted by molar-refractivity contribution is 0.282. The van der Waals surface area contributed by atoms with Crippen LogP contribution in [0.2, 0.25) is 16.6 Å². The van der Waals surface area contributed by atoms with Gasteiger partial charge in [0.2, 0.25) is 0 Å². The van der Waals surface area contributed by atoms with Crippen LogP contribution in [0.5, 0.6) is 0 Å². The van der Waals surface area contributed by atoms with E-state index in [2.05, 4.69) is 53.0 Å². The summed E-state index contributed by atoms with van der Waals surface area (Å²) in [6.45, 7) is 14.5. The van der Waals surface area contributed by atoms with Crippen LogP contribution in [0.3, 0.4) is 0 Å². The summed E-state index contributed by atoms with van der Waals surface area (Å²) in [5.41, 5.74) is 5.95. The van der Waals surface area contributed by atoms with Crippen LogP contribution in [0.1, 0.15) is 73.6 Å². The number of unbranched alkanes of at least 4 members (excludes halogenated alkanes) is 4. The fourth-order valence-corrected chi connectivity index (χ4v) is 8.62. The van der Waals surface area contributed by atoms with Gasteiger partial charge in [0.15, 0.2) is 0 Å². The molecule has 0 fully saturated rings. The summed E-state index contributed by atoms with van der Waals surface area (Å²) in [4.78, 5) is 0. The smallest absolute Gasteiger partial charge is 0.145 e. The minimum absolute atomic E-state index is 0.329. The first kappa shape index (κ1) is 18.7. The molecule has 0 spiro atoms. The van der Waals surface area contributed by atoms with Crippen LogP contribution >= 0.6 is 0 Å². The van der Waals surface area contributed by atoms with Gasteiger partial charge in [-0.15, -0.1) is 11.5 Å². The maximum atomic E-state index is 8.74. The Morgan fingerprint density at radius 2 is 1.26 bits per heavy atom. The molecule has 0 bridgehead atoms. The fourth-order valence-electron chi connectivity index (χ4n) is 3.33. The van der Waals surface area contributed by atoms with Gasteiger partial charge in [-0.1, -0.05) is 54.4 Å². The summed E-state index contributed by atoms with van der Waals surface area (Å²) in [5, 5.41) is 8.74. The van der Waals surface area contributed by atoms with Crippen LogP contribution in [0, 0.1) is 11.5 Å². The third kappa shape index (κ3) is 5.71. The molecule has 0 aromatic carbocycles. The second kappa shape index (κ2) is 9.61. The van der Waals surface area contributed by atoms with Crippen molar-refractivity contribution in [2.75, 3.05) is 6.61 Å². The summed E-state index contributed by atoms with van der Waals surface area (Å²) in [6.07, 6.45) is 5.50. The zero-order chi connectivity index (χ0) is 14.9. The van der Waals surface area contributed by atoms with E-state index in [0.717, 1.165) is 35.9 Å². The molecule has 0 aromatic rings. The topological polar surface area (TPSA) is 20.2 Å². The fraction of sp³-hybridized carbons (Fsp3) is 0.882. The number of hydrogen-bond acceptors (Lipinski definition) is 1. The molecular formula is C17H34OSi. The van der Waals surface area contributed by atoms with Crippen LogP contribution in [0.25, 0.3) is 0 Å². The average molecular weight is 283 g/mol. The van der Waals surface area contributed by atoms with Gasteiger partial charge in [-0.05, 0) is 29.5 Å². The molecule has 112 valence electrons. The Hall–Kier alpha value is -0.263. The molecule has 0 rings (SSSR count). The quantitative estimate of drug-likeness (QED) is 0.371. The minimum atomic E-state index is -1.50. The lowest BCUT2D eigenvalue weighted by atomic mass is 10.1. The van der Waals surface area contributed by atoms with Gasteiger partial charge in [0.1, 0.15) is 8.07 Å². The number of rotatable bonds is 8. The molecule has 2 heteroatoms. The van der Waals surface area contributed by atoms with Crippen molar-refractivity contribution in [3.05, 3.63) is 0 Å². The molecule has 1 nitrogen and oxygen atoms in total. The van der Waals surface area contributed by atoms with Crippen molar-refractivity contribution in [3.8, 4) is 11.5 Å². The highest BCUT2D eigenvalue weighted by Crippen LogP contribution is 2.40. The number of hydrogen-bond donors (Lipinski definition) is 1. The van der Waals surface area contributed by atoms with Crippen LogP contribution in [0.4, 0.5) is 0 Å². The van der Waals surface area contributed by atoms with Gasteiger partial charge in [-0.2, -0.15) is 0 Å². The van der Waals surface area contributed by atoms with Gasteiger partial charge in [0.05, 0.1) is 0 Å². The maximum absolute atomic E-state index is 8.74. The van der Waals surface area contributed by atoms with Gasteiger partial charge < -0.3 is 5.11 Å². The van der Waals surface area contributed by atoms with Crippen molar-refractivity contribution in [3.63, 3.8) is 0 Å². The Kier molecular flexibility index (Phi) is 9.48. The minimum Gasteiger partial charge on any atom is -0.396 e. The van der Waals surface area contributed by atoms with E-state index >= 15 is 0 Å². The van der Waals surface area contributed by atoms with Gasteiger partial charge in [0, 0.05) is 13.0 Å². The number of aliphatic hydroxyl groups excluding tert-OH is 1. The molecule has 0 amide bonds. The highest BCUT2D eigenvalue weighted by Gasteiger charge is 2.41. The highest BCUT2D eigenvalue weighted by atomic mass is 28.3. The molecule has 0 saturated heterocycles. The Morgan fingerprint density at radius 1 is 0.789 bits per heavy atom. The molecule has 1 N–H and O–H groups in total. The molecule has 0 atom stereocenters. The van der Waals surface area contributed by atoms with E-state index in [1.807, 2.05) is 0 Å². The SMILES string of the molecule is CC(C)[Si](C#CCCCCCCO)(C(C)C)C(C)C. The highest BCUT2D eigenvalue weighted by molar-refractivity contribution is 6.90. The number of aliphatic hydroxyl groups is 1. The van der Waals surface area contributed by atoms with Crippen molar-refractivity contribution < 1.29 is 5.11 Å². The second-order valence-electron chi connectivity index (χ2n) is 6.59. The predicted molar refractivity (Wildman–Crippen MR) is 89.0 cm³/mol. The normalized spacial score (nSPS) is 12.1. The van der Waals surface area contributed by atoms with Crippen molar-refractivity contribution in [2.45, 2.75) is 90.3 Å². The van der Waals surface area contributed by atoms with E-state index in [1.54, 1.807) is 0 Å². The van der Waals surface area contributed by atoms with Gasteiger partial charge in [0.25, 0.3) is 0 Å². The molecule has 0 aliphatic carbocycles. The van der Waals surface area contributed by atoms with Gasteiger partial charge >= 0.3 is 0 Å². The monoisotopic (exact) mass is 282 g/mol. The Bertz CT molecular complexity index is 262. The van der Waals surface area contributed by atoms with Crippen molar-refractivity contribution in [2.24, 2.45) is 0 Å². The summed E-state index contributed by atoms with van der Waals surface area (Å²) < 4.78 is 0. The zero-order valence-corrected chi connectivity index (χ0v) is 14.9.